The maximum atomic E-state index is 13.4. The van der Waals surface area contributed by atoms with Crippen molar-refractivity contribution < 1.29 is 14.3 Å². The predicted octanol–water partition coefficient (Wildman–Crippen LogP) is 4.15. The van der Waals surface area contributed by atoms with Crippen molar-refractivity contribution in [2.45, 2.75) is 26.1 Å². The molecule has 0 aliphatic rings. The molecule has 0 spiro atoms. The standard InChI is InChI=1S/C25H24ClN5O3/c1-17(25(33)27-20-11-13-21(34-2)14-12-20)30(15-18-7-9-19(26)10-8-18)24(32)16-31-23-6-4-3-5-22(23)28-29-31/h3-14,17H,15-16H2,1-2H3,(H,27,33). The monoisotopic (exact) mass is 477 g/mol. The number of para-hydroxylation sites is 1. The lowest BCUT2D eigenvalue weighted by Gasteiger charge is -2.29. The van der Waals surface area contributed by atoms with E-state index in [-0.39, 0.29) is 24.9 Å². The Bertz CT molecular complexity index is 1290. The Hall–Kier alpha value is -3.91. The molecule has 1 unspecified atom stereocenters. The van der Waals surface area contributed by atoms with E-state index >= 15 is 0 Å². The first-order valence-electron chi connectivity index (χ1n) is 10.7. The van der Waals surface area contributed by atoms with E-state index in [1.54, 1.807) is 55.1 Å². The van der Waals surface area contributed by atoms with Crippen LogP contribution in [0.25, 0.3) is 11.0 Å². The van der Waals surface area contributed by atoms with Crippen LogP contribution in [0.15, 0.2) is 72.8 Å². The molecule has 174 valence electrons. The molecule has 1 aromatic heterocycles. The number of methoxy groups -OCH3 is 1. The maximum Gasteiger partial charge on any atom is 0.246 e. The number of halogens is 1. The molecule has 1 N–H and O–H groups in total. The summed E-state index contributed by atoms with van der Waals surface area (Å²) in [5, 5.41) is 11.7. The number of benzene rings is 3. The minimum absolute atomic E-state index is 0.0474. The van der Waals surface area contributed by atoms with Crippen molar-refractivity contribution >= 4 is 40.1 Å². The average Bonchev–Trinajstić information content (AvgIpc) is 3.26. The van der Waals surface area contributed by atoms with Gasteiger partial charge in [0.15, 0.2) is 0 Å². The van der Waals surface area contributed by atoms with Gasteiger partial charge in [-0.3, -0.25) is 9.59 Å². The number of amides is 2. The molecule has 34 heavy (non-hydrogen) atoms. The van der Waals surface area contributed by atoms with Crippen LogP contribution in [-0.2, 0) is 22.7 Å². The number of rotatable bonds is 8. The van der Waals surface area contributed by atoms with Crippen molar-refractivity contribution in [1.82, 2.24) is 19.9 Å². The third kappa shape index (κ3) is 5.35. The zero-order valence-electron chi connectivity index (χ0n) is 18.8. The van der Waals surface area contributed by atoms with Crippen LogP contribution in [-0.4, -0.2) is 44.9 Å². The zero-order chi connectivity index (χ0) is 24.1. The summed E-state index contributed by atoms with van der Waals surface area (Å²) < 4.78 is 6.70. The summed E-state index contributed by atoms with van der Waals surface area (Å²) in [5.74, 6) is 0.115. The number of aromatic nitrogens is 3. The molecule has 1 atom stereocenters. The van der Waals surface area contributed by atoms with Crippen molar-refractivity contribution in [3.05, 3.63) is 83.4 Å². The van der Waals surface area contributed by atoms with E-state index in [4.69, 9.17) is 16.3 Å². The minimum Gasteiger partial charge on any atom is -0.497 e. The highest BCUT2D eigenvalue weighted by Gasteiger charge is 2.27. The fraction of sp³-hybridized carbons (Fsp3) is 0.200. The van der Waals surface area contributed by atoms with Gasteiger partial charge in [0.05, 0.1) is 12.6 Å². The van der Waals surface area contributed by atoms with Crippen molar-refractivity contribution in [3.8, 4) is 5.75 Å². The van der Waals surface area contributed by atoms with E-state index < -0.39 is 6.04 Å². The Morgan fingerprint density at radius 1 is 1.06 bits per heavy atom. The highest BCUT2D eigenvalue weighted by molar-refractivity contribution is 6.30. The van der Waals surface area contributed by atoms with Crippen molar-refractivity contribution in [1.29, 1.82) is 0 Å². The molecule has 8 nitrogen and oxygen atoms in total. The molecule has 0 radical (unpaired) electrons. The molecule has 2 amide bonds. The number of hydrogen-bond donors (Lipinski definition) is 1. The third-order valence-electron chi connectivity index (χ3n) is 5.50. The van der Waals surface area contributed by atoms with Gasteiger partial charge in [0.25, 0.3) is 0 Å². The van der Waals surface area contributed by atoms with E-state index in [1.165, 1.54) is 4.90 Å². The van der Waals surface area contributed by atoms with Crippen LogP contribution < -0.4 is 10.1 Å². The summed E-state index contributed by atoms with van der Waals surface area (Å²) in [6.07, 6.45) is 0. The Labute approximate surface area is 202 Å². The van der Waals surface area contributed by atoms with Gasteiger partial charge in [-0.15, -0.1) is 5.10 Å². The van der Waals surface area contributed by atoms with Gasteiger partial charge < -0.3 is 15.0 Å². The molecule has 0 saturated carbocycles. The lowest BCUT2D eigenvalue weighted by atomic mass is 10.1. The molecule has 0 aliphatic heterocycles. The summed E-state index contributed by atoms with van der Waals surface area (Å²) >= 11 is 6.01. The van der Waals surface area contributed by atoms with Crippen LogP contribution in [0.5, 0.6) is 5.75 Å². The largest absolute Gasteiger partial charge is 0.497 e. The summed E-state index contributed by atoms with van der Waals surface area (Å²) in [5.41, 5.74) is 2.91. The second-order valence-electron chi connectivity index (χ2n) is 7.78. The molecule has 3 aromatic carbocycles. The molecular weight excluding hydrogens is 454 g/mol. The van der Waals surface area contributed by atoms with Crippen molar-refractivity contribution in [3.63, 3.8) is 0 Å². The number of carbonyl (C=O) groups excluding carboxylic acids is 2. The topological polar surface area (TPSA) is 89.4 Å². The summed E-state index contributed by atoms with van der Waals surface area (Å²) in [7, 11) is 1.58. The Kier molecular flexibility index (Phi) is 7.08. The first-order chi connectivity index (χ1) is 16.4. The van der Waals surface area contributed by atoms with Crippen LogP contribution in [0.2, 0.25) is 5.02 Å². The molecule has 0 bridgehead atoms. The lowest BCUT2D eigenvalue weighted by molar-refractivity contribution is -0.139. The summed E-state index contributed by atoms with van der Waals surface area (Å²) in [4.78, 5) is 28.0. The van der Waals surface area contributed by atoms with Gasteiger partial charge in [-0.25, -0.2) is 4.68 Å². The van der Waals surface area contributed by atoms with Gasteiger partial charge >= 0.3 is 0 Å². The number of hydrogen-bond acceptors (Lipinski definition) is 5. The smallest absolute Gasteiger partial charge is 0.246 e. The number of nitrogens with zero attached hydrogens (tertiary/aromatic N) is 4. The minimum atomic E-state index is -0.750. The molecule has 0 fully saturated rings. The molecular formula is C25H24ClN5O3. The normalized spacial score (nSPS) is 11.7. The Morgan fingerprint density at radius 2 is 1.76 bits per heavy atom. The van der Waals surface area contributed by atoms with Crippen LogP contribution in [0.4, 0.5) is 5.69 Å². The fourth-order valence-electron chi connectivity index (χ4n) is 3.54. The van der Waals surface area contributed by atoms with Crippen LogP contribution in [0.3, 0.4) is 0 Å². The summed E-state index contributed by atoms with van der Waals surface area (Å²) in [6.45, 7) is 1.89. The van der Waals surface area contributed by atoms with E-state index in [0.29, 0.717) is 22.0 Å². The second-order valence-corrected chi connectivity index (χ2v) is 8.21. The van der Waals surface area contributed by atoms with E-state index in [2.05, 4.69) is 15.6 Å². The first-order valence-corrected chi connectivity index (χ1v) is 11.1. The third-order valence-corrected chi connectivity index (χ3v) is 5.75. The highest BCUT2D eigenvalue weighted by atomic mass is 35.5. The maximum absolute atomic E-state index is 13.4. The van der Waals surface area contributed by atoms with Crippen molar-refractivity contribution in [2.75, 3.05) is 12.4 Å². The highest BCUT2D eigenvalue weighted by Crippen LogP contribution is 2.18. The van der Waals surface area contributed by atoms with Crippen LogP contribution >= 0.6 is 11.6 Å². The molecule has 0 saturated heterocycles. The van der Waals surface area contributed by atoms with Gasteiger partial charge in [0, 0.05) is 17.3 Å². The van der Waals surface area contributed by atoms with Gasteiger partial charge in [0.1, 0.15) is 23.9 Å². The van der Waals surface area contributed by atoms with Crippen molar-refractivity contribution in [2.24, 2.45) is 0 Å². The molecule has 0 aliphatic carbocycles. The number of nitrogens with one attached hydrogen (secondary N) is 1. The van der Waals surface area contributed by atoms with E-state index in [1.807, 2.05) is 36.4 Å². The van der Waals surface area contributed by atoms with E-state index in [9.17, 15) is 9.59 Å². The molecule has 4 rings (SSSR count). The molecule has 1 heterocycles. The van der Waals surface area contributed by atoms with Gasteiger partial charge in [-0.05, 0) is 61.0 Å². The average molecular weight is 478 g/mol. The number of anilines is 1. The SMILES string of the molecule is COc1ccc(NC(=O)C(C)N(Cc2ccc(Cl)cc2)C(=O)Cn2nnc3ccccc32)cc1. The molecule has 4 aromatic rings. The first kappa shape index (κ1) is 23.3. The lowest BCUT2D eigenvalue weighted by Crippen LogP contribution is -2.46. The quantitative estimate of drug-likeness (QED) is 0.412. The van der Waals surface area contributed by atoms with E-state index in [0.717, 1.165) is 11.1 Å². The summed E-state index contributed by atoms with van der Waals surface area (Å²) in [6, 6.07) is 20.9. The van der Waals surface area contributed by atoms with Crippen LogP contribution in [0.1, 0.15) is 12.5 Å². The second kappa shape index (κ2) is 10.4. The van der Waals surface area contributed by atoms with Gasteiger partial charge in [-0.1, -0.05) is 41.1 Å². The zero-order valence-corrected chi connectivity index (χ0v) is 19.6. The fourth-order valence-corrected chi connectivity index (χ4v) is 3.67. The Balaban J connectivity index is 1.56. The Morgan fingerprint density at radius 3 is 2.47 bits per heavy atom. The molecule has 9 heteroatoms. The number of fused-ring (bicyclic) bond motifs is 1. The van der Waals surface area contributed by atoms with Gasteiger partial charge in [0.2, 0.25) is 11.8 Å². The van der Waals surface area contributed by atoms with Gasteiger partial charge in [-0.2, -0.15) is 0 Å². The number of ether oxygens (including phenoxy) is 1. The predicted molar refractivity (Wildman–Crippen MR) is 131 cm³/mol. The number of carbonyl (C=O) groups is 2. The van der Waals surface area contributed by atoms with Crippen LogP contribution in [0, 0.1) is 0 Å².